The first kappa shape index (κ1) is 12.8. The van der Waals surface area contributed by atoms with Gasteiger partial charge >= 0.3 is 0 Å². The predicted octanol–water partition coefficient (Wildman–Crippen LogP) is 2.13. The Balaban J connectivity index is 0.00000128. The first-order chi connectivity index (χ1) is 7.18. The number of benzene rings is 1. The van der Waals surface area contributed by atoms with Crippen molar-refractivity contribution >= 4 is 23.9 Å². The predicted molar refractivity (Wildman–Crippen MR) is 66.1 cm³/mol. The fraction of sp³-hybridized carbons (Fsp3) is 0.364. The molecule has 0 radical (unpaired) electrons. The van der Waals surface area contributed by atoms with E-state index in [1.807, 2.05) is 4.90 Å². The van der Waals surface area contributed by atoms with Gasteiger partial charge in [0.25, 0.3) is 0 Å². The normalized spacial score (nSPS) is 14.7. The Labute approximate surface area is 100 Å². The molecule has 3 nitrogen and oxygen atoms in total. The van der Waals surface area contributed by atoms with Crippen molar-refractivity contribution in [3.05, 3.63) is 29.6 Å². The summed E-state index contributed by atoms with van der Waals surface area (Å²) >= 11 is 0. The van der Waals surface area contributed by atoms with Crippen molar-refractivity contribution < 1.29 is 4.39 Å². The number of nitrogens with one attached hydrogen (secondary N) is 1. The van der Waals surface area contributed by atoms with Crippen LogP contribution in [0.4, 0.5) is 10.1 Å². The van der Waals surface area contributed by atoms with E-state index in [-0.39, 0.29) is 24.1 Å². The molecular formula is C11H15ClFN3. The first-order valence-corrected chi connectivity index (χ1v) is 5.07. The average Bonchev–Trinajstić information content (AvgIpc) is 2.70. The van der Waals surface area contributed by atoms with Gasteiger partial charge in [0.1, 0.15) is 11.7 Å². The molecule has 2 rings (SSSR count). The van der Waals surface area contributed by atoms with Gasteiger partial charge in [0.2, 0.25) is 0 Å². The minimum atomic E-state index is -0.287. The zero-order valence-corrected chi connectivity index (χ0v) is 9.69. The molecule has 88 valence electrons. The highest BCUT2D eigenvalue weighted by atomic mass is 35.5. The standard InChI is InChI=1S/C11H14FN3.ClH/c12-9-7-8(11(13)14)3-4-10(9)15-5-1-2-6-15;/h3-4,7H,1-2,5-6H2,(H3,13,14);1H. The van der Waals surface area contributed by atoms with E-state index in [9.17, 15) is 4.39 Å². The number of rotatable bonds is 2. The van der Waals surface area contributed by atoms with Gasteiger partial charge in [-0.1, -0.05) is 0 Å². The molecule has 1 aromatic carbocycles. The molecule has 0 saturated carbocycles. The van der Waals surface area contributed by atoms with Gasteiger partial charge in [-0.15, -0.1) is 12.4 Å². The van der Waals surface area contributed by atoms with Crippen LogP contribution < -0.4 is 10.6 Å². The second kappa shape index (κ2) is 5.16. The highest BCUT2D eigenvalue weighted by Gasteiger charge is 2.16. The molecule has 0 aliphatic carbocycles. The lowest BCUT2D eigenvalue weighted by atomic mass is 10.1. The zero-order chi connectivity index (χ0) is 10.8. The first-order valence-electron chi connectivity index (χ1n) is 5.07. The lowest BCUT2D eigenvalue weighted by molar-refractivity contribution is 0.623. The maximum atomic E-state index is 13.7. The van der Waals surface area contributed by atoms with Crippen LogP contribution in [0, 0.1) is 11.2 Å². The van der Waals surface area contributed by atoms with Crippen molar-refractivity contribution in [3.63, 3.8) is 0 Å². The fourth-order valence-electron chi connectivity index (χ4n) is 1.89. The summed E-state index contributed by atoms with van der Waals surface area (Å²) in [6.07, 6.45) is 2.24. The van der Waals surface area contributed by atoms with Crippen LogP contribution in [0.3, 0.4) is 0 Å². The van der Waals surface area contributed by atoms with Crippen molar-refractivity contribution in [3.8, 4) is 0 Å². The topological polar surface area (TPSA) is 53.1 Å². The van der Waals surface area contributed by atoms with Crippen molar-refractivity contribution in [2.45, 2.75) is 12.8 Å². The van der Waals surface area contributed by atoms with Crippen molar-refractivity contribution in [2.75, 3.05) is 18.0 Å². The molecule has 0 aromatic heterocycles. The molecule has 1 aromatic rings. The summed E-state index contributed by atoms with van der Waals surface area (Å²) in [4.78, 5) is 2.03. The van der Waals surface area contributed by atoms with Gasteiger partial charge in [-0.05, 0) is 31.0 Å². The molecule has 1 aliphatic heterocycles. The number of anilines is 1. The number of amidine groups is 1. The smallest absolute Gasteiger partial charge is 0.147 e. The van der Waals surface area contributed by atoms with E-state index in [4.69, 9.17) is 11.1 Å². The molecule has 5 heteroatoms. The summed E-state index contributed by atoms with van der Waals surface area (Å²) in [6, 6.07) is 4.73. The summed E-state index contributed by atoms with van der Waals surface area (Å²) in [7, 11) is 0. The third-order valence-electron chi connectivity index (χ3n) is 2.71. The quantitative estimate of drug-likeness (QED) is 0.618. The minimum absolute atomic E-state index is 0. The van der Waals surface area contributed by atoms with Gasteiger partial charge in [-0.2, -0.15) is 0 Å². The van der Waals surface area contributed by atoms with Crippen LogP contribution >= 0.6 is 12.4 Å². The lowest BCUT2D eigenvalue weighted by Crippen LogP contribution is -2.19. The van der Waals surface area contributed by atoms with Crippen molar-refractivity contribution in [1.82, 2.24) is 0 Å². The summed E-state index contributed by atoms with van der Waals surface area (Å²) in [6.45, 7) is 1.83. The summed E-state index contributed by atoms with van der Waals surface area (Å²) in [5, 5.41) is 7.21. The number of halogens is 2. The van der Waals surface area contributed by atoms with Crippen molar-refractivity contribution in [1.29, 1.82) is 5.41 Å². The number of nitrogens with zero attached hydrogens (tertiary/aromatic N) is 1. The van der Waals surface area contributed by atoms with Crippen LogP contribution in [0.25, 0.3) is 0 Å². The molecule has 1 heterocycles. The van der Waals surface area contributed by atoms with Crippen molar-refractivity contribution in [2.24, 2.45) is 5.73 Å². The molecule has 0 atom stereocenters. The van der Waals surface area contributed by atoms with Crippen LogP contribution in [0.2, 0.25) is 0 Å². The molecular weight excluding hydrogens is 229 g/mol. The number of hydrogen-bond acceptors (Lipinski definition) is 2. The van der Waals surface area contributed by atoms with Crippen LogP contribution in [0.5, 0.6) is 0 Å². The lowest BCUT2D eigenvalue weighted by Gasteiger charge is -2.18. The van der Waals surface area contributed by atoms with E-state index >= 15 is 0 Å². The Hall–Kier alpha value is -1.29. The largest absolute Gasteiger partial charge is 0.384 e. The molecule has 1 aliphatic rings. The Morgan fingerprint density at radius 3 is 2.44 bits per heavy atom. The van der Waals surface area contributed by atoms with Crippen LogP contribution in [0.15, 0.2) is 18.2 Å². The molecule has 1 fully saturated rings. The van der Waals surface area contributed by atoms with E-state index in [1.165, 1.54) is 6.07 Å². The van der Waals surface area contributed by atoms with Gasteiger partial charge in [0.05, 0.1) is 5.69 Å². The summed E-state index contributed by atoms with van der Waals surface area (Å²) in [5.74, 6) is -0.383. The second-order valence-corrected chi connectivity index (χ2v) is 3.77. The van der Waals surface area contributed by atoms with Gasteiger partial charge in [0.15, 0.2) is 0 Å². The monoisotopic (exact) mass is 243 g/mol. The summed E-state index contributed by atoms with van der Waals surface area (Å²) < 4.78 is 13.7. The van der Waals surface area contributed by atoms with Crippen LogP contribution in [0.1, 0.15) is 18.4 Å². The molecule has 3 N–H and O–H groups in total. The molecule has 1 saturated heterocycles. The Kier molecular flexibility index (Phi) is 4.12. The second-order valence-electron chi connectivity index (χ2n) is 3.77. The molecule has 16 heavy (non-hydrogen) atoms. The number of hydrogen-bond donors (Lipinski definition) is 2. The number of nitrogen functional groups attached to an aromatic ring is 1. The highest BCUT2D eigenvalue weighted by molar-refractivity contribution is 5.95. The molecule has 0 spiro atoms. The van der Waals surface area contributed by atoms with E-state index < -0.39 is 0 Å². The van der Waals surface area contributed by atoms with E-state index in [0.717, 1.165) is 25.9 Å². The highest BCUT2D eigenvalue weighted by Crippen LogP contribution is 2.24. The third kappa shape index (κ3) is 2.44. The van der Waals surface area contributed by atoms with Gasteiger partial charge in [0, 0.05) is 18.7 Å². The summed E-state index contributed by atoms with van der Waals surface area (Å²) in [5.41, 5.74) is 6.35. The van der Waals surface area contributed by atoms with E-state index in [0.29, 0.717) is 11.3 Å². The zero-order valence-electron chi connectivity index (χ0n) is 8.87. The maximum absolute atomic E-state index is 13.7. The van der Waals surface area contributed by atoms with E-state index in [2.05, 4.69) is 0 Å². The van der Waals surface area contributed by atoms with Gasteiger partial charge in [-0.3, -0.25) is 5.41 Å². The third-order valence-corrected chi connectivity index (χ3v) is 2.71. The number of nitrogens with two attached hydrogens (primary N) is 1. The maximum Gasteiger partial charge on any atom is 0.147 e. The average molecular weight is 244 g/mol. The Morgan fingerprint density at radius 1 is 1.31 bits per heavy atom. The molecule has 0 unspecified atom stereocenters. The Morgan fingerprint density at radius 2 is 1.94 bits per heavy atom. The fourth-order valence-corrected chi connectivity index (χ4v) is 1.89. The van der Waals surface area contributed by atoms with Crippen LogP contribution in [-0.4, -0.2) is 18.9 Å². The molecule has 0 amide bonds. The van der Waals surface area contributed by atoms with E-state index in [1.54, 1.807) is 12.1 Å². The van der Waals surface area contributed by atoms with Gasteiger partial charge < -0.3 is 10.6 Å². The SMILES string of the molecule is Cl.N=C(N)c1ccc(N2CCCC2)c(F)c1. The Bertz CT molecular complexity index is 389. The van der Waals surface area contributed by atoms with Gasteiger partial charge in [-0.25, -0.2) is 4.39 Å². The molecule has 0 bridgehead atoms. The van der Waals surface area contributed by atoms with Crippen LogP contribution in [-0.2, 0) is 0 Å². The minimum Gasteiger partial charge on any atom is -0.384 e.